The van der Waals surface area contributed by atoms with Crippen LogP contribution in [0.4, 0.5) is 0 Å². The van der Waals surface area contributed by atoms with Gasteiger partial charge in [0.25, 0.3) is 0 Å². The number of nitrogens with one attached hydrogen (secondary N) is 1. The van der Waals surface area contributed by atoms with Crippen LogP contribution in [0.15, 0.2) is 36.5 Å². The number of fused-ring (bicyclic) bond motifs is 3. The van der Waals surface area contributed by atoms with Crippen molar-refractivity contribution in [1.29, 1.82) is 0 Å². The van der Waals surface area contributed by atoms with E-state index in [1.54, 1.807) is 0 Å². The van der Waals surface area contributed by atoms with Crippen LogP contribution in [0, 0.1) is 17.8 Å². The molecule has 0 spiro atoms. The van der Waals surface area contributed by atoms with Gasteiger partial charge >= 0.3 is 0 Å². The Morgan fingerprint density at radius 2 is 2.10 bits per heavy atom. The van der Waals surface area contributed by atoms with Crippen LogP contribution in [-0.2, 0) is 6.54 Å². The van der Waals surface area contributed by atoms with Crippen molar-refractivity contribution in [1.82, 2.24) is 10.3 Å². The summed E-state index contributed by atoms with van der Waals surface area (Å²) in [6, 6.07) is 11.2. The van der Waals surface area contributed by atoms with Crippen LogP contribution in [0.1, 0.15) is 38.2 Å². The van der Waals surface area contributed by atoms with Gasteiger partial charge in [-0.05, 0) is 61.6 Å². The van der Waals surface area contributed by atoms with Crippen molar-refractivity contribution < 1.29 is 0 Å². The number of pyridine rings is 1. The van der Waals surface area contributed by atoms with E-state index in [1.807, 2.05) is 6.20 Å². The molecule has 1 aromatic carbocycles. The average molecular weight is 280 g/mol. The molecular formula is C19H24N2. The molecule has 21 heavy (non-hydrogen) atoms. The third kappa shape index (κ3) is 2.46. The number of aromatic nitrogens is 1. The van der Waals surface area contributed by atoms with E-state index in [0.29, 0.717) is 6.04 Å². The minimum atomic E-state index is 0.632. The summed E-state index contributed by atoms with van der Waals surface area (Å²) < 4.78 is 0. The summed E-state index contributed by atoms with van der Waals surface area (Å²) in [7, 11) is 0. The summed E-state index contributed by atoms with van der Waals surface area (Å²) in [5.41, 5.74) is 2.47. The van der Waals surface area contributed by atoms with Gasteiger partial charge < -0.3 is 5.32 Å². The van der Waals surface area contributed by atoms with Crippen LogP contribution in [0.2, 0.25) is 0 Å². The molecule has 0 saturated heterocycles. The molecule has 1 aromatic heterocycles. The fraction of sp³-hybridized carbons (Fsp3) is 0.526. The van der Waals surface area contributed by atoms with Crippen molar-refractivity contribution in [2.45, 2.75) is 45.2 Å². The predicted molar refractivity (Wildman–Crippen MR) is 87.0 cm³/mol. The van der Waals surface area contributed by atoms with E-state index in [9.17, 15) is 0 Å². The summed E-state index contributed by atoms with van der Waals surface area (Å²) in [5, 5.41) is 5.07. The molecule has 0 amide bonds. The third-order valence-electron chi connectivity index (χ3n) is 5.79. The van der Waals surface area contributed by atoms with E-state index < -0.39 is 0 Å². The summed E-state index contributed by atoms with van der Waals surface area (Å²) in [6.07, 6.45) is 7.84. The molecule has 1 N–H and O–H groups in total. The number of hydrogen-bond acceptors (Lipinski definition) is 2. The van der Waals surface area contributed by atoms with Crippen LogP contribution in [0.25, 0.3) is 10.9 Å². The number of para-hydroxylation sites is 1. The van der Waals surface area contributed by atoms with Crippen LogP contribution < -0.4 is 5.32 Å². The lowest BCUT2D eigenvalue weighted by Crippen LogP contribution is -2.35. The Kier molecular flexibility index (Phi) is 3.42. The van der Waals surface area contributed by atoms with Gasteiger partial charge in [-0.25, -0.2) is 0 Å². The molecule has 2 bridgehead atoms. The Bertz CT molecular complexity index is 631. The van der Waals surface area contributed by atoms with Crippen molar-refractivity contribution in [2.24, 2.45) is 17.8 Å². The van der Waals surface area contributed by atoms with E-state index in [0.717, 1.165) is 29.8 Å². The Hall–Kier alpha value is -1.41. The zero-order valence-electron chi connectivity index (χ0n) is 12.8. The monoisotopic (exact) mass is 280 g/mol. The van der Waals surface area contributed by atoms with Crippen LogP contribution in [-0.4, -0.2) is 11.0 Å². The zero-order valence-corrected chi connectivity index (χ0v) is 12.8. The van der Waals surface area contributed by atoms with Gasteiger partial charge in [-0.2, -0.15) is 0 Å². The van der Waals surface area contributed by atoms with E-state index in [2.05, 4.69) is 47.6 Å². The average Bonchev–Trinajstić information content (AvgIpc) is 3.15. The SMILES string of the molecule is CC(NCc1ccnc2ccccc12)C1CC2CCC1C2. The lowest BCUT2D eigenvalue weighted by atomic mass is 9.84. The van der Waals surface area contributed by atoms with Gasteiger partial charge in [-0.15, -0.1) is 0 Å². The molecule has 2 aromatic rings. The largest absolute Gasteiger partial charge is 0.310 e. The molecule has 0 aliphatic heterocycles. The first-order valence-electron chi connectivity index (χ1n) is 8.37. The minimum absolute atomic E-state index is 0.632. The maximum Gasteiger partial charge on any atom is 0.0705 e. The molecule has 4 rings (SSSR count). The first kappa shape index (κ1) is 13.3. The van der Waals surface area contributed by atoms with Gasteiger partial charge in [0, 0.05) is 24.2 Å². The van der Waals surface area contributed by atoms with Crippen LogP contribution >= 0.6 is 0 Å². The normalized spacial score (nSPS) is 29.1. The Morgan fingerprint density at radius 3 is 2.90 bits per heavy atom. The van der Waals surface area contributed by atoms with Crippen LogP contribution in [0.5, 0.6) is 0 Å². The van der Waals surface area contributed by atoms with E-state index >= 15 is 0 Å². The Balaban J connectivity index is 1.46. The highest BCUT2D eigenvalue weighted by molar-refractivity contribution is 5.81. The van der Waals surface area contributed by atoms with Crippen LogP contribution in [0.3, 0.4) is 0 Å². The van der Waals surface area contributed by atoms with Crippen molar-refractivity contribution in [2.75, 3.05) is 0 Å². The summed E-state index contributed by atoms with van der Waals surface area (Å²) >= 11 is 0. The van der Waals surface area contributed by atoms with Gasteiger partial charge in [0.2, 0.25) is 0 Å². The predicted octanol–water partition coefficient (Wildman–Crippen LogP) is 4.15. The summed E-state index contributed by atoms with van der Waals surface area (Å²) in [5.74, 6) is 2.93. The lowest BCUT2D eigenvalue weighted by Gasteiger charge is -2.28. The topological polar surface area (TPSA) is 24.9 Å². The number of hydrogen-bond donors (Lipinski definition) is 1. The van der Waals surface area contributed by atoms with E-state index in [-0.39, 0.29) is 0 Å². The Labute approximate surface area is 127 Å². The fourth-order valence-electron chi connectivity index (χ4n) is 4.64. The zero-order chi connectivity index (χ0) is 14.2. The third-order valence-corrected chi connectivity index (χ3v) is 5.79. The number of benzene rings is 1. The summed E-state index contributed by atoms with van der Waals surface area (Å²) in [6.45, 7) is 3.34. The molecule has 2 heteroatoms. The maximum atomic E-state index is 4.45. The number of nitrogens with zero attached hydrogens (tertiary/aromatic N) is 1. The van der Waals surface area contributed by atoms with E-state index in [4.69, 9.17) is 0 Å². The van der Waals surface area contributed by atoms with Crippen molar-refractivity contribution in [3.05, 3.63) is 42.1 Å². The summed E-state index contributed by atoms with van der Waals surface area (Å²) in [4.78, 5) is 4.45. The fourth-order valence-corrected chi connectivity index (χ4v) is 4.64. The molecular weight excluding hydrogens is 256 g/mol. The van der Waals surface area contributed by atoms with Gasteiger partial charge in [0.05, 0.1) is 5.52 Å². The molecule has 1 heterocycles. The van der Waals surface area contributed by atoms with Gasteiger partial charge in [0.15, 0.2) is 0 Å². The van der Waals surface area contributed by atoms with Crippen molar-refractivity contribution >= 4 is 10.9 Å². The highest BCUT2D eigenvalue weighted by atomic mass is 14.9. The smallest absolute Gasteiger partial charge is 0.0705 e. The molecule has 2 saturated carbocycles. The van der Waals surface area contributed by atoms with Gasteiger partial charge in [0.1, 0.15) is 0 Å². The minimum Gasteiger partial charge on any atom is -0.310 e. The van der Waals surface area contributed by atoms with Gasteiger partial charge in [-0.1, -0.05) is 24.6 Å². The second-order valence-corrected chi connectivity index (χ2v) is 7.00. The molecule has 2 aliphatic carbocycles. The van der Waals surface area contributed by atoms with Crippen molar-refractivity contribution in [3.63, 3.8) is 0 Å². The molecule has 110 valence electrons. The molecule has 0 radical (unpaired) electrons. The van der Waals surface area contributed by atoms with E-state index in [1.165, 1.54) is 36.6 Å². The first-order valence-corrected chi connectivity index (χ1v) is 8.37. The molecule has 4 atom stereocenters. The molecule has 2 nitrogen and oxygen atoms in total. The quantitative estimate of drug-likeness (QED) is 0.910. The second-order valence-electron chi connectivity index (χ2n) is 7.00. The standard InChI is InChI=1S/C19H24N2/c1-13(18-11-14-6-7-15(18)10-14)21-12-16-8-9-20-19-5-3-2-4-17(16)19/h2-5,8-9,13-15,18,21H,6-7,10-12H2,1H3. The maximum absolute atomic E-state index is 4.45. The highest BCUT2D eigenvalue weighted by Crippen LogP contribution is 2.49. The van der Waals surface area contributed by atoms with Gasteiger partial charge in [-0.3, -0.25) is 4.98 Å². The first-order chi connectivity index (χ1) is 10.3. The second kappa shape index (κ2) is 5.42. The molecule has 4 unspecified atom stereocenters. The number of rotatable bonds is 4. The Morgan fingerprint density at radius 1 is 1.19 bits per heavy atom. The van der Waals surface area contributed by atoms with Crippen molar-refractivity contribution in [3.8, 4) is 0 Å². The lowest BCUT2D eigenvalue weighted by molar-refractivity contribution is 0.259. The molecule has 2 fully saturated rings. The molecule has 2 aliphatic rings. The highest BCUT2D eigenvalue weighted by Gasteiger charge is 2.41.